The average Bonchev–Trinajstić information content (AvgIpc) is 3.28. The Morgan fingerprint density at radius 1 is 1.03 bits per heavy atom. The highest BCUT2D eigenvalue weighted by molar-refractivity contribution is 5.83. The van der Waals surface area contributed by atoms with E-state index >= 15 is 0 Å². The van der Waals surface area contributed by atoms with Gasteiger partial charge in [0.05, 0.1) is 32.0 Å². The smallest absolute Gasteiger partial charge is 0.265 e. The van der Waals surface area contributed by atoms with Crippen molar-refractivity contribution in [2.75, 3.05) is 37.7 Å². The summed E-state index contributed by atoms with van der Waals surface area (Å²) in [4.78, 5) is 17.0. The Kier molecular flexibility index (Phi) is 5.11. The summed E-state index contributed by atoms with van der Waals surface area (Å²) >= 11 is 0. The SMILES string of the molecule is O=C(C1CN(Cc2cc(-c3ccccc3)no2)c2ccccc2O1)N1CCOCC1. The Bertz CT molecular complexity index is 1010. The Morgan fingerprint density at radius 3 is 2.63 bits per heavy atom. The number of hydrogen-bond acceptors (Lipinski definition) is 6. The van der Waals surface area contributed by atoms with Crippen molar-refractivity contribution in [1.29, 1.82) is 0 Å². The molecule has 30 heavy (non-hydrogen) atoms. The number of carbonyl (C=O) groups excluding carboxylic acids is 1. The minimum atomic E-state index is -0.561. The van der Waals surface area contributed by atoms with Crippen LogP contribution in [-0.4, -0.2) is 54.9 Å². The number of amides is 1. The number of ether oxygens (including phenoxy) is 2. The quantitative estimate of drug-likeness (QED) is 0.665. The fourth-order valence-corrected chi connectivity index (χ4v) is 3.89. The fraction of sp³-hybridized carbons (Fsp3) is 0.304. The van der Waals surface area contributed by atoms with Crippen LogP contribution in [0.4, 0.5) is 5.69 Å². The van der Waals surface area contributed by atoms with Gasteiger partial charge in [0.1, 0.15) is 11.4 Å². The molecule has 1 unspecified atom stereocenters. The van der Waals surface area contributed by atoms with Crippen LogP contribution < -0.4 is 9.64 Å². The number of nitrogens with zero attached hydrogens (tertiary/aromatic N) is 3. The summed E-state index contributed by atoms with van der Waals surface area (Å²) in [5, 5.41) is 4.21. The van der Waals surface area contributed by atoms with Crippen molar-refractivity contribution in [2.45, 2.75) is 12.6 Å². The number of hydrogen-bond donors (Lipinski definition) is 0. The summed E-state index contributed by atoms with van der Waals surface area (Å²) in [6.07, 6.45) is -0.561. The Hall–Kier alpha value is -3.32. The zero-order chi connectivity index (χ0) is 20.3. The average molecular weight is 405 g/mol. The highest BCUT2D eigenvalue weighted by Gasteiger charge is 2.34. The molecule has 0 radical (unpaired) electrons. The lowest BCUT2D eigenvalue weighted by Gasteiger charge is -2.37. The van der Waals surface area contributed by atoms with Gasteiger partial charge in [-0.3, -0.25) is 4.79 Å². The Labute approximate surface area is 174 Å². The van der Waals surface area contributed by atoms with Crippen LogP contribution in [0.15, 0.2) is 65.2 Å². The molecule has 2 aromatic carbocycles. The van der Waals surface area contributed by atoms with Gasteiger partial charge in [0.15, 0.2) is 11.9 Å². The molecule has 3 heterocycles. The number of aromatic nitrogens is 1. The number of fused-ring (bicyclic) bond motifs is 1. The molecule has 1 atom stereocenters. The molecule has 2 aliphatic heterocycles. The van der Waals surface area contributed by atoms with E-state index < -0.39 is 6.10 Å². The van der Waals surface area contributed by atoms with Crippen molar-refractivity contribution in [3.05, 3.63) is 66.4 Å². The first-order valence-corrected chi connectivity index (χ1v) is 10.2. The van der Waals surface area contributed by atoms with Gasteiger partial charge in [-0.05, 0) is 12.1 Å². The lowest BCUT2D eigenvalue weighted by Crippen LogP contribution is -2.52. The van der Waals surface area contributed by atoms with Gasteiger partial charge in [-0.1, -0.05) is 47.6 Å². The molecule has 2 aliphatic rings. The maximum Gasteiger partial charge on any atom is 0.265 e. The maximum absolute atomic E-state index is 13.0. The van der Waals surface area contributed by atoms with Gasteiger partial charge in [0.25, 0.3) is 5.91 Å². The monoisotopic (exact) mass is 405 g/mol. The first kappa shape index (κ1) is 18.7. The van der Waals surface area contributed by atoms with Crippen LogP contribution in [0.1, 0.15) is 5.76 Å². The van der Waals surface area contributed by atoms with E-state index in [1.165, 1.54) is 0 Å². The normalized spacial score (nSPS) is 18.6. The molecule has 7 heteroatoms. The molecule has 0 bridgehead atoms. The van der Waals surface area contributed by atoms with Crippen LogP contribution in [0.3, 0.4) is 0 Å². The van der Waals surface area contributed by atoms with Crippen LogP contribution in [0, 0.1) is 0 Å². The highest BCUT2D eigenvalue weighted by Crippen LogP contribution is 2.35. The van der Waals surface area contributed by atoms with E-state index in [0.717, 1.165) is 22.7 Å². The second kappa shape index (κ2) is 8.20. The second-order valence-electron chi connectivity index (χ2n) is 7.44. The number of carbonyl (C=O) groups is 1. The molecule has 154 valence electrons. The van der Waals surface area contributed by atoms with E-state index in [4.69, 9.17) is 14.0 Å². The van der Waals surface area contributed by atoms with Crippen molar-refractivity contribution in [3.8, 4) is 17.0 Å². The van der Waals surface area contributed by atoms with E-state index in [0.29, 0.717) is 45.1 Å². The van der Waals surface area contributed by atoms with Crippen molar-refractivity contribution in [3.63, 3.8) is 0 Å². The molecule has 1 amide bonds. The van der Waals surface area contributed by atoms with Crippen LogP contribution in [-0.2, 0) is 16.1 Å². The third-order valence-electron chi connectivity index (χ3n) is 5.43. The Morgan fingerprint density at radius 2 is 1.80 bits per heavy atom. The van der Waals surface area contributed by atoms with Gasteiger partial charge in [-0.25, -0.2) is 0 Å². The molecule has 1 aromatic heterocycles. The molecule has 0 saturated carbocycles. The Balaban J connectivity index is 1.37. The molecule has 0 N–H and O–H groups in total. The zero-order valence-corrected chi connectivity index (χ0v) is 16.6. The van der Waals surface area contributed by atoms with E-state index in [9.17, 15) is 4.79 Å². The van der Waals surface area contributed by atoms with E-state index in [1.54, 1.807) is 0 Å². The van der Waals surface area contributed by atoms with Crippen molar-refractivity contribution in [2.24, 2.45) is 0 Å². The van der Waals surface area contributed by atoms with Crippen LogP contribution in [0.5, 0.6) is 5.75 Å². The maximum atomic E-state index is 13.0. The zero-order valence-electron chi connectivity index (χ0n) is 16.6. The molecule has 7 nitrogen and oxygen atoms in total. The summed E-state index contributed by atoms with van der Waals surface area (Å²) in [6, 6.07) is 19.7. The molecule has 0 aliphatic carbocycles. The first-order chi connectivity index (χ1) is 14.8. The van der Waals surface area contributed by atoms with Gasteiger partial charge in [0.2, 0.25) is 0 Å². The first-order valence-electron chi connectivity index (χ1n) is 10.2. The number of para-hydroxylation sites is 2. The van der Waals surface area contributed by atoms with E-state index in [2.05, 4.69) is 10.1 Å². The number of benzene rings is 2. The largest absolute Gasteiger partial charge is 0.477 e. The topological polar surface area (TPSA) is 68.0 Å². The van der Waals surface area contributed by atoms with Crippen LogP contribution >= 0.6 is 0 Å². The fourth-order valence-electron chi connectivity index (χ4n) is 3.89. The third kappa shape index (κ3) is 3.76. The molecular formula is C23H23N3O4. The molecule has 5 rings (SSSR count). The predicted molar refractivity (Wildman–Crippen MR) is 111 cm³/mol. The van der Waals surface area contributed by atoms with Crippen molar-refractivity contribution in [1.82, 2.24) is 10.1 Å². The summed E-state index contributed by atoms with van der Waals surface area (Å²) in [5.41, 5.74) is 2.75. The predicted octanol–water partition coefficient (Wildman–Crippen LogP) is 2.97. The van der Waals surface area contributed by atoms with Gasteiger partial charge in [-0.15, -0.1) is 0 Å². The van der Waals surface area contributed by atoms with Gasteiger partial charge >= 0.3 is 0 Å². The van der Waals surface area contributed by atoms with Crippen molar-refractivity contribution >= 4 is 11.6 Å². The van der Waals surface area contributed by atoms with Gasteiger partial charge in [-0.2, -0.15) is 0 Å². The molecule has 1 fully saturated rings. The lowest BCUT2D eigenvalue weighted by molar-refractivity contribution is -0.142. The highest BCUT2D eigenvalue weighted by atomic mass is 16.5. The van der Waals surface area contributed by atoms with Crippen LogP contribution in [0.2, 0.25) is 0 Å². The lowest BCUT2D eigenvalue weighted by atomic mass is 10.1. The van der Waals surface area contributed by atoms with Crippen molar-refractivity contribution < 1.29 is 18.8 Å². The summed E-state index contributed by atoms with van der Waals surface area (Å²) in [7, 11) is 0. The standard InChI is InChI=1S/C23H23N3O4/c27-23(25-10-12-28-13-11-25)22-16-26(20-8-4-5-9-21(20)29-22)15-18-14-19(24-30-18)17-6-2-1-3-7-17/h1-9,14,22H,10-13,15-16H2. The van der Waals surface area contributed by atoms with E-state index in [-0.39, 0.29) is 5.91 Å². The molecular weight excluding hydrogens is 382 g/mol. The minimum Gasteiger partial charge on any atom is -0.477 e. The van der Waals surface area contributed by atoms with Gasteiger partial charge in [0, 0.05) is 24.7 Å². The second-order valence-corrected chi connectivity index (χ2v) is 7.44. The molecule has 3 aromatic rings. The third-order valence-corrected chi connectivity index (χ3v) is 5.43. The number of morpholine rings is 1. The minimum absolute atomic E-state index is 0.000322. The van der Waals surface area contributed by atoms with E-state index in [1.807, 2.05) is 65.6 Å². The number of rotatable bonds is 4. The number of anilines is 1. The summed E-state index contributed by atoms with van der Waals surface area (Å²) in [5.74, 6) is 1.45. The van der Waals surface area contributed by atoms with Gasteiger partial charge < -0.3 is 23.8 Å². The molecule has 0 spiro atoms. The summed E-state index contributed by atoms with van der Waals surface area (Å²) in [6.45, 7) is 3.30. The summed E-state index contributed by atoms with van der Waals surface area (Å²) < 4.78 is 17.0. The molecule has 1 saturated heterocycles. The van der Waals surface area contributed by atoms with Crippen LogP contribution in [0.25, 0.3) is 11.3 Å².